The van der Waals surface area contributed by atoms with Crippen molar-refractivity contribution < 1.29 is 9.13 Å². The van der Waals surface area contributed by atoms with Gasteiger partial charge in [-0.3, -0.25) is 9.98 Å². The fourth-order valence-corrected chi connectivity index (χ4v) is 4.10. The van der Waals surface area contributed by atoms with E-state index < -0.39 is 0 Å². The Bertz CT molecular complexity index is 1320. The van der Waals surface area contributed by atoms with Gasteiger partial charge in [-0.1, -0.05) is 24.3 Å². The highest BCUT2D eigenvalue weighted by Gasteiger charge is 2.19. The number of benzene rings is 3. The number of nitrogens with two attached hydrogens (primary N) is 1. The highest BCUT2D eigenvalue weighted by Crippen LogP contribution is 2.31. The van der Waals surface area contributed by atoms with Crippen LogP contribution in [-0.2, 0) is 4.74 Å². The molecule has 0 radical (unpaired) electrons. The van der Waals surface area contributed by atoms with Gasteiger partial charge in [-0.05, 0) is 24.3 Å². The van der Waals surface area contributed by atoms with Crippen LogP contribution in [0.25, 0.3) is 27.5 Å². The predicted octanol–water partition coefficient (Wildman–Crippen LogP) is 3.47. The fourth-order valence-electron chi connectivity index (χ4n) is 4.10. The second kappa shape index (κ2) is 7.81. The number of nitrogens with one attached hydrogen (secondary N) is 1. The van der Waals surface area contributed by atoms with Gasteiger partial charge in [-0.2, -0.15) is 0 Å². The van der Waals surface area contributed by atoms with Gasteiger partial charge in [0.2, 0.25) is 0 Å². The molecule has 0 bridgehead atoms. The molecule has 0 atom stereocenters. The van der Waals surface area contributed by atoms with Gasteiger partial charge in [-0.25, -0.2) is 14.4 Å². The molecule has 7 nitrogen and oxygen atoms in total. The number of aliphatic imine (C=N–C) groups is 1. The van der Waals surface area contributed by atoms with Gasteiger partial charge in [0.15, 0.2) is 0 Å². The maximum Gasteiger partial charge on any atom is 0.134 e. The summed E-state index contributed by atoms with van der Waals surface area (Å²) in [4.78, 5) is 10.8. The first-order valence-electron chi connectivity index (χ1n) is 10.0. The van der Waals surface area contributed by atoms with E-state index in [1.165, 1.54) is 6.07 Å². The third-order valence-corrected chi connectivity index (χ3v) is 5.60. The van der Waals surface area contributed by atoms with Crippen molar-refractivity contribution in [2.24, 2.45) is 10.7 Å². The normalized spacial score (nSPS) is 15.0. The van der Waals surface area contributed by atoms with Crippen LogP contribution in [-0.4, -0.2) is 48.0 Å². The van der Waals surface area contributed by atoms with Gasteiger partial charge in [-0.15, -0.1) is 0 Å². The lowest BCUT2D eigenvalue weighted by molar-refractivity contribution is 0.122. The van der Waals surface area contributed by atoms with Gasteiger partial charge >= 0.3 is 0 Å². The monoisotopic (exact) mass is 416 g/mol. The summed E-state index contributed by atoms with van der Waals surface area (Å²) in [6.07, 6.45) is 2.64. The zero-order chi connectivity index (χ0) is 21.4. The maximum absolute atomic E-state index is 14.4. The van der Waals surface area contributed by atoms with Crippen molar-refractivity contribution in [3.8, 4) is 5.69 Å². The fraction of sp³-hybridized carbons (Fsp3) is 0.174. The smallest absolute Gasteiger partial charge is 0.134 e. The predicted molar refractivity (Wildman–Crippen MR) is 121 cm³/mol. The summed E-state index contributed by atoms with van der Waals surface area (Å²) in [5.74, 6) is -0.0369. The number of halogens is 1. The number of rotatable bonds is 4. The largest absolute Gasteiger partial charge is 0.383 e. The molecule has 8 heteroatoms. The number of fused-ring (bicyclic) bond motifs is 2. The molecule has 3 aromatic carbocycles. The number of ether oxygens (including phenoxy) is 1. The number of nitrogens with zero attached hydrogens (tertiary/aromatic N) is 4. The van der Waals surface area contributed by atoms with Crippen LogP contribution in [0.2, 0.25) is 0 Å². The molecule has 3 N–H and O–H groups in total. The van der Waals surface area contributed by atoms with Crippen molar-refractivity contribution >= 4 is 39.7 Å². The van der Waals surface area contributed by atoms with Gasteiger partial charge in [0.05, 0.1) is 29.9 Å². The third kappa shape index (κ3) is 3.30. The number of anilines is 1. The molecule has 1 aliphatic rings. The lowest BCUT2D eigenvalue weighted by Crippen LogP contribution is -2.36. The lowest BCUT2D eigenvalue weighted by Gasteiger charge is -2.29. The van der Waals surface area contributed by atoms with E-state index >= 15 is 0 Å². The van der Waals surface area contributed by atoms with Gasteiger partial charge in [0.25, 0.3) is 0 Å². The van der Waals surface area contributed by atoms with Crippen molar-refractivity contribution in [1.82, 2.24) is 9.55 Å². The molecule has 1 aliphatic heterocycles. The van der Waals surface area contributed by atoms with Crippen LogP contribution >= 0.6 is 0 Å². The molecule has 156 valence electrons. The van der Waals surface area contributed by atoms with Crippen LogP contribution in [0.5, 0.6) is 0 Å². The van der Waals surface area contributed by atoms with Crippen molar-refractivity contribution in [2.75, 3.05) is 31.2 Å². The number of hydrogen-bond acceptors (Lipinski definition) is 4. The molecule has 0 aliphatic carbocycles. The Hall–Kier alpha value is -3.78. The Labute approximate surface area is 178 Å². The van der Waals surface area contributed by atoms with Crippen LogP contribution in [0.4, 0.5) is 10.1 Å². The average Bonchev–Trinajstić information content (AvgIpc) is 3.23. The number of imidazole rings is 1. The first-order chi connectivity index (χ1) is 15.2. The van der Waals surface area contributed by atoms with Crippen LogP contribution in [0.3, 0.4) is 0 Å². The summed E-state index contributed by atoms with van der Waals surface area (Å²) in [6.45, 7) is 2.83. The van der Waals surface area contributed by atoms with Crippen LogP contribution in [0.15, 0.2) is 59.9 Å². The zero-order valence-corrected chi connectivity index (χ0v) is 16.8. The van der Waals surface area contributed by atoms with E-state index in [4.69, 9.17) is 15.9 Å². The summed E-state index contributed by atoms with van der Waals surface area (Å²) in [5, 5.41) is 8.65. The van der Waals surface area contributed by atoms with E-state index in [0.717, 1.165) is 41.7 Å². The van der Waals surface area contributed by atoms with E-state index in [2.05, 4.69) is 20.9 Å². The standard InChI is InChI=1S/C23H21FN6O/c24-19-5-1-4-17-16(19)3-2-6-20(17)30-14-28-22-18(23(26)27-13-25)11-15(12-21(22)30)29-7-9-31-10-8-29/h1-6,11-14H,7-10H2,(H3,25,26,27). The first kappa shape index (κ1) is 19.2. The Kier molecular flexibility index (Phi) is 4.83. The van der Waals surface area contributed by atoms with Crippen molar-refractivity contribution in [3.63, 3.8) is 0 Å². The summed E-state index contributed by atoms with van der Waals surface area (Å²) >= 11 is 0. The first-order valence-corrected chi connectivity index (χ1v) is 10.0. The zero-order valence-electron chi connectivity index (χ0n) is 16.8. The Morgan fingerprint density at radius 2 is 1.90 bits per heavy atom. The quantitative estimate of drug-likeness (QED) is 0.394. The van der Waals surface area contributed by atoms with Crippen molar-refractivity contribution in [3.05, 3.63) is 66.2 Å². The minimum atomic E-state index is -0.263. The van der Waals surface area contributed by atoms with E-state index in [9.17, 15) is 4.39 Å². The summed E-state index contributed by atoms with van der Waals surface area (Å²) < 4.78 is 21.8. The SMILES string of the molecule is N=CN=C(N)c1cc(N2CCOCC2)cc2c1ncn2-c1cccc2c(F)cccc12. The second-order valence-electron chi connectivity index (χ2n) is 7.33. The van der Waals surface area contributed by atoms with Crippen LogP contribution in [0.1, 0.15) is 5.56 Å². The molecule has 0 amide bonds. The summed E-state index contributed by atoms with van der Waals surface area (Å²) in [5.41, 5.74) is 10.2. The Morgan fingerprint density at radius 3 is 2.71 bits per heavy atom. The molecule has 0 unspecified atom stereocenters. The Balaban J connectivity index is 1.78. The van der Waals surface area contributed by atoms with E-state index in [1.807, 2.05) is 28.8 Å². The molecule has 1 saturated heterocycles. The average molecular weight is 416 g/mol. The number of morpholine rings is 1. The van der Waals surface area contributed by atoms with E-state index in [1.54, 1.807) is 18.5 Å². The van der Waals surface area contributed by atoms with Crippen LogP contribution in [0, 0.1) is 11.2 Å². The minimum absolute atomic E-state index is 0.226. The molecule has 0 spiro atoms. The lowest BCUT2D eigenvalue weighted by atomic mass is 10.1. The highest BCUT2D eigenvalue weighted by atomic mass is 19.1. The van der Waals surface area contributed by atoms with Crippen molar-refractivity contribution in [1.29, 1.82) is 5.41 Å². The number of aromatic nitrogens is 2. The molecular weight excluding hydrogens is 395 g/mol. The molecule has 2 heterocycles. The minimum Gasteiger partial charge on any atom is -0.383 e. The molecule has 0 saturated carbocycles. The topological polar surface area (TPSA) is 92.5 Å². The molecule has 31 heavy (non-hydrogen) atoms. The Morgan fingerprint density at radius 1 is 1.13 bits per heavy atom. The molecule has 1 aromatic heterocycles. The van der Waals surface area contributed by atoms with Gasteiger partial charge in [0.1, 0.15) is 24.3 Å². The second-order valence-corrected chi connectivity index (χ2v) is 7.33. The van der Waals surface area contributed by atoms with E-state index in [-0.39, 0.29) is 11.7 Å². The van der Waals surface area contributed by atoms with E-state index in [0.29, 0.717) is 29.7 Å². The number of hydrogen-bond donors (Lipinski definition) is 2. The third-order valence-electron chi connectivity index (χ3n) is 5.60. The summed E-state index contributed by atoms with van der Waals surface area (Å²) in [6, 6.07) is 14.6. The maximum atomic E-state index is 14.4. The number of amidine groups is 1. The van der Waals surface area contributed by atoms with Gasteiger partial charge in [0, 0.05) is 35.1 Å². The molecule has 1 fully saturated rings. The molecule has 5 rings (SSSR count). The highest BCUT2D eigenvalue weighted by molar-refractivity contribution is 6.10. The van der Waals surface area contributed by atoms with Crippen molar-refractivity contribution in [2.45, 2.75) is 0 Å². The van der Waals surface area contributed by atoms with Gasteiger partial charge < -0.3 is 15.4 Å². The molecular formula is C23H21FN6O. The van der Waals surface area contributed by atoms with Crippen LogP contribution < -0.4 is 10.6 Å². The molecule has 4 aromatic rings. The summed E-state index contributed by atoms with van der Waals surface area (Å²) in [7, 11) is 0.